The molecule has 1 saturated heterocycles. The minimum Gasteiger partial charge on any atom is -0.279 e. The minimum absolute atomic E-state index is 0.0596. The maximum Gasteiger partial charge on any atom is 0.262 e. The van der Waals surface area contributed by atoms with Gasteiger partial charge in [0.05, 0.1) is 18.0 Å². The molecule has 1 aliphatic heterocycles. The van der Waals surface area contributed by atoms with E-state index in [-0.39, 0.29) is 30.7 Å². The van der Waals surface area contributed by atoms with Gasteiger partial charge < -0.3 is 0 Å². The molecule has 5 rings (SSSR count). The Morgan fingerprint density at radius 1 is 0.839 bits per heavy atom. The average molecular weight is 408 g/mol. The van der Waals surface area contributed by atoms with E-state index in [9.17, 15) is 14.4 Å². The fourth-order valence-corrected chi connectivity index (χ4v) is 4.22. The molecule has 1 unspecified atom stereocenters. The van der Waals surface area contributed by atoms with E-state index in [1.54, 1.807) is 16.7 Å². The fraction of sp³-hybridized carbons (Fsp3) is 0.115. The number of carbonyl (C=O) groups is 3. The van der Waals surface area contributed by atoms with Gasteiger partial charge in [-0.15, -0.1) is 0 Å². The molecule has 2 heterocycles. The molecule has 5 nitrogen and oxygen atoms in total. The van der Waals surface area contributed by atoms with Crippen molar-refractivity contribution in [2.75, 3.05) is 0 Å². The molecular formula is C26H20N2O3. The number of rotatable bonds is 4. The van der Waals surface area contributed by atoms with Crippen LogP contribution in [0.5, 0.6) is 0 Å². The molecule has 2 amide bonds. The number of amides is 2. The summed E-state index contributed by atoms with van der Waals surface area (Å²) in [5.41, 5.74) is 2.71. The van der Waals surface area contributed by atoms with Crippen molar-refractivity contribution in [2.45, 2.75) is 18.9 Å². The van der Waals surface area contributed by atoms with Gasteiger partial charge in [0.15, 0.2) is 0 Å². The van der Waals surface area contributed by atoms with Crippen LogP contribution >= 0.6 is 0 Å². The Balaban J connectivity index is 1.57. The lowest BCUT2D eigenvalue weighted by Crippen LogP contribution is -2.30. The van der Waals surface area contributed by atoms with Gasteiger partial charge in [-0.1, -0.05) is 66.7 Å². The first kappa shape index (κ1) is 19.0. The van der Waals surface area contributed by atoms with Crippen LogP contribution in [0.15, 0.2) is 91.0 Å². The topological polar surface area (TPSA) is 59.4 Å². The van der Waals surface area contributed by atoms with Gasteiger partial charge in [0, 0.05) is 23.1 Å². The number of para-hydroxylation sites is 1. The lowest BCUT2D eigenvalue weighted by Gasteiger charge is -2.16. The van der Waals surface area contributed by atoms with Crippen LogP contribution in [-0.4, -0.2) is 27.2 Å². The summed E-state index contributed by atoms with van der Waals surface area (Å²) in [6, 6.07) is 27.8. The standard InChI is InChI=1S/C26H20N2O3/c29-24-16-21(26(31)27(24)17-18-9-3-1-4-10-18)23-15-20-13-7-8-14-22(20)28(23)25(30)19-11-5-2-6-12-19/h1-15,21H,16-17H2. The van der Waals surface area contributed by atoms with Crippen LogP contribution in [0.3, 0.4) is 0 Å². The number of carbonyl (C=O) groups excluding carboxylic acids is 3. The molecule has 3 aromatic carbocycles. The molecule has 31 heavy (non-hydrogen) atoms. The monoisotopic (exact) mass is 408 g/mol. The molecule has 152 valence electrons. The normalized spacial score (nSPS) is 16.3. The zero-order valence-electron chi connectivity index (χ0n) is 16.8. The molecule has 0 aliphatic carbocycles. The Labute approximate surface area is 179 Å². The number of imide groups is 1. The quantitative estimate of drug-likeness (QED) is 0.471. The van der Waals surface area contributed by atoms with Crippen molar-refractivity contribution in [1.82, 2.24) is 9.47 Å². The van der Waals surface area contributed by atoms with Crippen molar-refractivity contribution in [3.63, 3.8) is 0 Å². The number of hydrogen-bond acceptors (Lipinski definition) is 3. The lowest BCUT2D eigenvalue weighted by molar-refractivity contribution is -0.139. The first-order valence-electron chi connectivity index (χ1n) is 10.2. The summed E-state index contributed by atoms with van der Waals surface area (Å²) in [7, 11) is 0. The molecule has 0 N–H and O–H groups in total. The number of hydrogen-bond donors (Lipinski definition) is 0. The van der Waals surface area contributed by atoms with E-state index in [0.717, 1.165) is 16.5 Å². The Bertz CT molecular complexity index is 1290. The number of likely N-dealkylation sites (tertiary alicyclic amines) is 1. The summed E-state index contributed by atoms with van der Waals surface area (Å²) in [5, 5.41) is 0.864. The van der Waals surface area contributed by atoms with Crippen molar-refractivity contribution in [1.29, 1.82) is 0 Å². The Morgan fingerprint density at radius 2 is 1.48 bits per heavy atom. The maximum absolute atomic E-state index is 13.4. The minimum atomic E-state index is -0.684. The van der Waals surface area contributed by atoms with Crippen LogP contribution in [0.1, 0.15) is 34.0 Å². The zero-order valence-corrected chi connectivity index (χ0v) is 16.8. The van der Waals surface area contributed by atoms with Gasteiger partial charge in [-0.3, -0.25) is 23.9 Å². The maximum atomic E-state index is 13.4. The van der Waals surface area contributed by atoms with E-state index in [0.29, 0.717) is 11.3 Å². The second kappa shape index (κ2) is 7.69. The Morgan fingerprint density at radius 3 is 2.23 bits per heavy atom. The molecule has 5 heteroatoms. The molecule has 1 atom stereocenters. The molecule has 0 spiro atoms. The van der Waals surface area contributed by atoms with Gasteiger partial charge in [-0.2, -0.15) is 0 Å². The van der Waals surface area contributed by atoms with Crippen molar-refractivity contribution in [2.24, 2.45) is 0 Å². The highest BCUT2D eigenvalue weighted by Crippen LogP contribution is 2.35. The Kier molecular flexibility index (Phi) is 4.71. The molecule has 1 aromatic heterocycles. The van der Waals surface area contributed by atoms with E-state index < -0.39 is 5.92 Å². The van der Waals surface area contributed by atoms with Crippen molar-refractivity contribution >= 4 is 28.6 Å². The highest BCUT2D eigenvalue weighted by molar-refractivity contribution is 6.09. The molecule has 0 bridgehead atoms. The van der Waals surface area contributed by atoms with E-state index in [4.69, 9.17) is 0 Å². The molecule has 0 saturated carbocycles. The largest absolute Gasteiger partial charge is 0.279 e. The van der Waals surface area contributed by atoms with Crippen molar-refractivity contribution < 1.29 is 14.4 Å². The summed E-state index contributed by atoms with van der Waals surface area (Å²) in [6.45, 7) is 0.238. The number of nitrogens with zero attached hydrogens (tertiary/aromatic N) is 2. The van der Waals surface area contributed by atoms with E-state index in [1.165, 1.54) is 4.90 Å². The Hall–Kier alpha value is -3.99. The SMILES string of the molecule is O=C1CC(c2cc3ccccc3n2C(=O)c2ccccc2)C(=O)N1Cc1ccccc1. The summed E-state index contributed by atoms with van der Waals surface area (Å²) in [4.78, 5) is 40.8. The van der Waals surface area contributed by atoms with Crippen LogP contribution in [0.2, 0.25) is 0 Å². The molecule has 1 aliphatic rings. The predicted molar refractivity (Wildman–Crippen MR) is 117 cm³/mol. The summed E-state index contributed by atoms with van der Waals surface area (Å²) >= 11 is 0. The number of benzene rings is 3. The molecule has 4 aromatic rings. The third-order valence-electron chi connectivity index (χ3n) is 5.75. The number of fused-ring (bicyclic) bond motifs is 1. The van der Waals surface area contributed by atoms with Crippen molar-refractivity contribution in [3.8, 4) is 0 Å². The van der Waals surface area contributed by atoms with Crippen LogP contribution in [-0.2, 0) is 16.1 Å². The highest BCUT2D eigenvalue weighted by Gasteiger charge is 2.41. The fourth-order valence-electron chi connectivity index (χ4n) is 4.22. The zero-order chi connectivity index (χ0) is 21.4. The van der Waals surface area contributed by atoms with E-state index in [2.05, 4.69) is 0 Å². The van der Waals surface area contributed by atoms with Crippen LogP contribution in [0.25, 0.3) is 10.9 Å². The summed E-state index contributed by atoms with van der Waals surface area (Å²) < 4.78 is 1.59. The molecular weight excluding hydrogens is 388 g/mol. The van der Waals surface area contributed by atoms with Crippen LogP contribution in [0.4, 0.5) is 0 Å². The summed E-state index contributed by atoms with van der Waals surface area (Å²) in [5.74, 6) is -1.38. The molecule has 0 radical (unpaired) electrons. The third kappa shape index (κ3) is 3.34. The third-order valence-corrected chi connectivity index (χ3v) is 5.75. The average Bonchev–Trinajstić information content (AvgIpc) is 3.32. The smallest absolute Gasteiger partial charge is 0.262 e. The van der Waals surface area contributed by atoms with Gasteiger partial charge >= 0.3 is 0 Å². The second-order valence-corrected chi connectivity index (χ2v) is 7.70. The number of aromatic nitrogens is 1. The van der Waals surface area contributed by atoms with Crippen molar-refractivity contribution in [3.05, 3.63) is 108 Å². The van der Waals surface area contributed by atoms with Crippen LogP contribution < -0.4 is 0 Å². The lowest BCUT2D eigenvalue weighted by atomic mass is 10.0. The van der Waals surface area contributed by atoms with Gasteiger partial charge in [-0.05, 0) is 29.8 Å². The highest BCUT2D eigenvalue weighted by atomic mass is 16.2. The van der Waals surface area contributed by atoms with E-state index >= 15 is 0 Å². The van der Waals surface area contributed by atoms with Crippen LogP contribution in [0, 0.1) is 0 Å². The van der Waals surface area contributed by atoms with E-state index in [1.807, 2.05) is 78.9 Å². The molecule has 1 fully saturated rings. The van der Waals surface area contributed by atoms with Gasteiger partial charge in [-0.25, -0.2) is 0 Å². The van der Waals surface area contributed by atoms with Gasteiger partial charge in [0.2, 0.25) is 11.8 Å². The second-order valence-electron chi connectivity index (χ2n) is 7.70. The predicted octanol–water partition coefficient (Wildman–Crippen LogP) is 4.37. The summed E-state index contributed by atoms with van der Waals surface area (Å²) in [6.07, 6.45) is 0.0596. The first-order chi connectivity index (χ1) is 15.1. The van der Waals surface area contributed by atoms with Gasteiger partial charge in [0.25, 0.3) is 5.91 Å². The first-order valence-corrected chi connectivity index (χ1v) is 10.2. The van der Waals surface area contributed by atoms with Gasteiger partial charge in [0.1, 0.15) is 0 Å².